The van der Waals surface area contributed by atoms with Gasteiger partial charge in [-0.2, -0.15) is 10.5 Å². The molecule has 1 aliphatic heterocycles. The van der Waals surface area contributed by atoms with Crippen LogP contribution in [-0.2, 0) is 0 Å². The molecule has 0 radical (unpaired) electrons. The molecule has 3 rings (SSSR count). The summed E-state index contributed by atoms with van der Waals surface area (Å²) in [6, 6.07) is 10.1. The summed E-state index contributed by atoms with van der Waals surface area (Å²) in [5.41, 5.74) is 1.08. The first-order valence-electron chi connectivity index (χ1n) is 8.30. The largest absolute Gasteiger partial charge is 0.490 e. The molecule has 1 unspecified atom stereocenters. The van der Waals surface area contributed by atoms with Crippen molar-refractivity contribution in [2.75, 3.05) is 25.5 Å². The van der Waals surface area contributed by atoms with Gasteiger partial charge in [0.2, 0.25) is 5.82 Å². The Morgan fingerprint density at radius 2 is 2.36 bits per heavy atom. The molecule has 0 bridgehead atoms. The second-order valence-corrected chi connectivity index (χ2v) is 5.99. The molecule has 130 valence electrons. The van der Waals surface area contributed by atoms with E-state index in [4.69, 9.17) is 4.74 Å². The number of tetrazole rings is 1. The molecule has 1 atom stereocenters. The van der Waals surface area contributed by atoms with Gasteiger partial charge in [0.15, 0.2) is 0 Å². The number of anilines is 1. The molecule has 0 spiro atoms. The Hall–Kier alpha value is -2.92. The lowest BCUT2D eigenvalue weighted by Gasteiger charge is -2.32. The van der Waals surface area contributed by atoms with Gasteiger partial charge in [0.1, 0.15) is 24.0 Å². The summed E-state index contributed by atoms with van der Waals surface area (Å²) >= 11 is 0. The summed E-state index contributed by atoms with van der Waals surface area (Å²) in [6.07, 6.45) is 5.21. The van der Waals surface area contributed by atoms with E-state index in [1.54, 1.807) is 6.20 Å². The summed E-state index contributed by atoms with van der Waals surface area (Å²) in [6.45, 7) is 1.77. The second kappa shape index (κ2) is 8.26. The lowest BCUT2D eigenvalue weighted by atomic mass is 10.0. The Bertz CT molecular complexity index is 751. The Kier molecular flexibility index (Phi) is 5.59. The zero-order valence-electron chi connectivity index (χ0n) is 14.1. The average molecular weight is 339 g/mol. The predicted molar refractivity (Wildman–Crippen MR) is 93.6 cm³/mol. The normalized spacial score (nSPS) is 18.6. The van der Waals surface area contributed by atoms with Gasteiger partial charge in [0, 0.05) is 12.2 Å². The lowest BCUT2D eigenvalue weighted by Crippen LogP contribution is -2.40. The minimum atomic E-state index is 0.247. The van der Waals surface area contributed by atoms with Crippen molar-refractivity contribution in [2.24, 2.45) is 0 Å². The fraction of sp³-hybridized carbons (Fsp3) is 0.412. The minimum absolute atomic E-state index is 0.247. The van der Waals surface area contributed by atoms with Gasteiger partial charge in [0.05, 0.1) is 5.69 Å². The van der Waals surface area contributed by atoms with Crippen LogP contribution in [0, 0.1) is 11.3 Å². The lowest BCUT2D eigenvalue weighted by molar-refractivity contribution is 0.125. The van der Waals surface area contributed by atoms with Gasteiger partial charge in [0.25, 0.3) is 0 Å². The first-order valence-corrected chi connectivity index (χ1v) is 8.30. The number of ether oxygens (including phenoxy) is 1. The van der Waals surface area contributed by atoms with E-state index in [0.29, 0.717) is 12.6 Å². The van der Waals surface area contributed by atoms with Gasteiger partial charge in [-0.3, -0.25) is 0 Å². The van der Waals surface area contributed by atoms with Gasteiger partial charge in [-0.25, -0.2) is 0 Å². The molecule has 1 saturated heterocycles. The monoisotopic (exact) mass is 339 g/mol. The molecular weight excluding hydrogens is 318 g/mol. The van der Waals surface area contributed by atoms with Crippen LogP contribution >= 0.6 is 0 Å². The summed E-state index contributed by atoms with van der Waals surface area (Å²) < 4.78 is 6.04. The topological polar surface area (TPSA) is 103 Å². The maximum atomic E-state index is 9.23. The van der Waals surface area contributed by atoms with E-state index in [9.17, 15) is 5.26 Å². The number of rotatable bonds is 6. The molecule has 0 amide bonds. The number of para-hydroxylation sites is 2. The van der Waals surface area contributed by atoms with Crippen LogP contribution in [-0.4, -0.2) is 51.8 Å². The third-order valence-corrected chi connectivity index (χ3v) is 4.32. The van der Waals surface area contributed by atoms with Crippen molar-refractivity contribution in [3.05, 3.63) is 36.3 Å². The number of nitriles is 1. The highest BCUT2D eigenvalue weighted by molar-refractivity contribution is 5.74. The number of likely N-dealkylation sites (tertiary alicyclic amines) is 1. The number of aromatic amines is 1. The Balaban J connectivity index is 1.67. The van der Waals surface area contributed by atoms with E-state index >= 15 is 0 Å². The number of H-pyrrole nitrogens is 1. The smallest absolute Gasteiger partial charge is 0.216 e. The van der Waals surface area contributed by atoms with E-state index in [1.807, 2.05) is 30.3 Å². The zero-order valence-corrected chi connectivity index (χ0v) is 14.1. The zero-order chi connectivity index (χ0) is 17.5. The number of aromatic nitrogens is 4. The minimum Gasteiger partial charge on any atom is -0.490 e. The van der Waals surface area contributed by atoms with Crippen LogP contribution in [0.1, 0.15) is 25.1 Å². The van der Waals surface area contributed by atoms with Crippen LogP contribution in [0.3, 0.4) is 0 Å². The first kappa shape index (κ1) is 16.9. The summed E-state index contributed by atoms with van der Waals surface area (Å²) in [5, 5.41) is 25.8. The van der Waals surface area contributed by atoms with Crippen LogP contribution in [0.4, 0.5) is 5.69 Å². The number of nitrogens with one attached hydrogen (secondary N) is 2. The highest BCUT2D eigenvalue weighted by atomic mass is 16.5. The van der Waals surface area contributed by atoms with Crippen molar-refractivity contribution in [3.8, 4) is 11.8 Å². The number of hydrogen-bond donors (Lipinski definition) is 2. The molecule has 0 aliphatic carbocycles. The average Bonchev–Trinajstić information content (AvgIpc) is 3.17. The van der Waals surface area contributed by atoms with E-state index in [2.05, 4.69) is 37.9 Å². The van der Waals surface area contributed by atoms with Crippen molar-refractivity contribution >= 4 is 11.3 Å². The number of nitrogens with zero attached hydrogens (tertiary/aromatic N) is 5. The van der Waals surface area contributed by atoms with Crippen LogP contribution in [0.15, 0.2) is 30.5 Å². The van der Waals surface area contributed by atoms with E-state index in [-0.39, 0.29) is 11.4 Å². The summed E-state index contributed by atoms with van der Waals surface area (Å²) in [4.78, 5) is 2.35. The van der Waals surface area contributed by atoms with Gasteiger partial charge in [-0.05, 0) is 43.8 Å². The van der Waals surface area contributed by atoms with Crippen LogP contribution < -0.4 is 10.1 Å². The molecule has 1 aromatic heterocycles. The second-order valence-electron chi connectivity index (χ2n) is 5.99. The molecule has 0 saturated carbocycles. The van der Waals surface area contributed by atoms with Gasteiger partial charge in [-0.15, -0.1) is 10.2 Å². The van der Waals surface area contributed by atoms with Crippen LogP contribution in [0.25, 0.3) is 5.57 Å². The molecular formula is C17H21N7O. The first-order chi connectivity index (χ1) is 12.3. The Labute approximate surface area is 146 Å². The highest BCUT2D eigenvalue weighted by Gasteiger charge is 2.19. The number of likely N-dealkylation sites (N-methyl/N-ethyl adjacent to an activating group) is 1. The molecule has 8 heteroatoms. The number of hydrogen-bond acceptors (Lipinski definition) is 7. The summed E-state index contributed by atoms with van der Waals surface area (Å²) in [5.74, 6) is 1.00. The third-order valence-electron chi connectivity index (χ3n) is 4.32. The maximum Gasteiger partial charge on any atom is 0.216 e. The van der Waals surface area contributed by atoms with E-state index in [0.717, 1.165) is 24.4 Å². The quantitative estimate of drug-likeness (QED) is 0.776. The van der Waals surface area contributed by atoms with Crippen molar-refractivity contribution in [2.45, 2.75) is 25.3 Å². The fourth-order valence-electron chi connectivity index (χ4n) is 2.83. The van der Waals surface area contributed by atoms with E-state index < -0.39 is 0 Å². The van der Waals surface area contributed by atoms with Crippen LogP contribution in [0.2, 0.25) is 0 Å². The molecule has 2 aromatic rings. The standard InChI is InChI=1S/C17H21N7O/c1-24-9-5-4-6-14(24)12-25-16-8-3-2-7-15(16)19-11-13(10-18)17-20-22-23-21-17/h2-3,7-8,11,14,19H,4-6,9,12H2,1H3,(H,20,21,22,23). The fourth-order valence-corrected chi connectivity index (χ4v) is 2.83. The molecule has 1 aromatic carbocycles. The maximum absolute atomic E-state index is 9.23. The van der Waals surface area contributed by atoms with Crippen molar-refractivity contribution in [1.82, 2.24) is 25.5 Å². The summed E-state index contributed by atoms with van der Waals surface area (Å²) in [7, 11) is 2.14. The van der Waals surface area contributed by atoms with Gasteiger partial charge in [-0.1, -0.05) is 18.6 Å². The molecule has 25 heavy (non-hydrogen) atoms. The van der Waals surface area contributed by atoms with Crippen molar-refractivity contribution < 1.29 is 4.74 Å². The van der Waals surface area contributed by atoms with Crippen molar-refractivity contribution in [1.29, 1.82) is 5.26 Å². The van der Waals surface area contributed by atoms with Gasteiger partial charge >= 0.3 is 0 Å². The SMILES string of the molecule is CN1CCCCC1COc1ccccc1NC=C(C#N)c1nn[nH]n1. The highest BCUT2D eigenvalue weighted by Crippen LogP contribution is 2.26. The number of piperidine rings is 1. The molecule has 8 nitrogen and oxygen atoms in total. The van der Waals surface area contributed by atoms with Crippen molar-refractivity contribution in [3.63, 3.8) is 0 Å². The Morgan fingerprint density at radius 3 is 3.12 bits per heavy atom. The third kappa shape index (κ3) is 4.33. The molecule has 2 N–H and O–H groups in total. The Morgan fingerprint density at radius 1 is 1.48 bits per heavy atom. The van der Waals surface area contributed by atoms with Gasteiger partial charge < -0.3 is 15.0 Å². The number of allylic oxidation sites excluding steroid dienone is 1. The molecule has 1 aliphatic rings. The number of benzene rings is 1. The predicted octanol–water partition coefficient (Wildman–Crippen LogP) is 2.04. The molecule has 1 fully saturated rings. The molecule has 2 heterocycles. The van der Waals surface area contributed by atoms with Crippen LogP contribution in [0.5, 0.6) is 5.75 Å². The van der Waals surface area contributed by atoms with E-state index in [1.165, 1.54) is 12.8 Å².